The second kappa shape index (κ2) is 5.51. The van der Waals surface area contributed by atoms with E-state index in [9.17, 15) is 0 Å². The highest BCUT2D eigenvalue weighted by Crippen LogP contribution is 2.25. The fraction of sp³-hybridized carbons (Fsp3) is 0.714. The first-order valence-corrected chi connectivity index (χ1v) is 7.51. The van der Waals surface area contributed by atoms with Gasteiger partial charge in [-0.2, -0.15) is 0 Å². The minimum absolute atomic E-state index is 0.115. The molecular weight excluding hydrogens is 228 g/mol. The van der Waals surface area contributed by atoms with Gasteiger partial charge < -0.3 is 5.73 Å². The average molecular weight is 252 g/mol. The summed E-state index contributed by atoms with van der Waals surface area (Å²) in [6, 6.07) is 4.52. The van der Waals surface area contributed by atoms with Gasteiger partial charge in [0.05, 0.1) is 0 Å². The highest BCUT2D eigenvalue weighted by atomic mass is 32.1. The van der Waals surface area contributed by atoms with Gasteiger partial charge in [-0.15, -0.1) is 11.3 Å². The molecule has 0 aliphatic carbocycles. The van der Waals surface area contributed by atoms with Gasteiger partial charge in [-0.1, -0.05) is 12.5 Å². The fourth-order valence-electron chi connectivity index (χ4n) is 2.60. The summed E-state index contributed by atoms with van der Waals surface area (Å²) < 4.78 is 0. The van der Waals surface area contributed by atoms with Gasteiger partial charge in [-0.25, -0.2) is 0 Å². The molecule has 17 heavy (non-hydrogen) atoms. The number of hydrogen-bond acceptors (Lipinski definition) is 3. The second-order valence-electron chi connectivity index (χ2n) is 5.59. The Bertz CT molecular complexity index is 326. The summed E-state index contributed by atoms with van der Waals surface area (Å²) in [6.45, 7) is 7.03. The Kier molecular flexibility index (Phi) is 4.23. The Labute approximate surface area is 109 Å². The van der Waals surface area contributed by atoms with Crippen molar-refractivity contribution < 1.29 is 0 Å². The molecule has 2 N–H and O–H groups in total. The van der Waals surface area contributed by atoms with E-state index >= 15 is 0 Å². The van der Waals surface area contributed by atoms with E-state index in [1.165, 1.54) is 37.2 Å². The monoisotopic (exact) mass is 252 g/mol. The lowest BCUT2D eigenvalue weighted by atomic mass is 9.88. The lowest BCUT2D eigenvalue weighted by molar-refractivity contribution is 0.0733. The third kappa shape index (κ3) is 3.09. The van der Waals surface area contributed by atoms with Crippen LogP contribution in [-0.2, 0) is 6.42 Å². The zero-order chi connectivity index (χ0) is 12.3. The molecule has 96 valence electrons. The number of rotatable bonds is 4. The van der Waals surface area contributed by atoms with Crippen LogP contribution in [0.1, 0.15) is 38.0 Å². The van der Waals surface area contributed by atoms with Crippen molar-refractivity contribution in [2.75, 3.05) is 13.1 Å². The van der Waals surface area contributed by atoms with E-state index in [4.69, 9.17) is 5.73 Å². The second-order valence-corrected chi connectivity index (χ2v) is 6.62. The highest BCUT2D eigenvalue weighted by molar-refractivity contribution is 7.09. The lowest BCUT2D eigenvalue weighted by Crippen LogP contribution is -2.58. The lowest BCUT2D eigenvalue weighted by Gasteiger charge is -2.44. The maximum atomic E-state index is 6.44. The Hall–Kier alpha value is -0.380. The maximum absolute atomic E-state index is 6.44. The summed E-state index contributed by atoms with van der Waals surface area (Å²) in [5, 5.41) is 2.13. The summed E-state index contributed by atoms with van der Waals surface area (Å²) in [6.07, 6.45) is 5.04. The molecule has 1 aromatic rings. The number of hydrogen-bond donors (Lipinski definition) is 1. The maximum Gasteiger partial charge on any atom is 0.0307 e. The SMILES string of the molecule is CC(C)(C(N)Cc1cccs1)N1CCCCC1. The van der Waals surface area contributed by atoms with Gasteiger partial charge in [-0.3, -0.25) is 4.90 Å². The number of nitrogens with zero attached hydrogens (tertiary/aromatic N) is 1. The first-order valence-electron chi connectivity index (χ1n) is 6.64. The largest absolute Gasteiger partial charge is 0.326 e. The van der Waals surface area contributed by atoms with E-state index in [0.29, 0.717) is 0 Å². The van der Waals surface area contributed by atoms with Crippen LogP contribution in [0.4, 0.5) is 0 Å². The molecule has 0 bridgehead atoms. The zero-order valence-electron chi connectivity index (χ0n) is 11.0. The molecule has 0 aromatic carbocycles. The molecule has 1 fully saturated rings. The highest BCUT2D eigenvalue weighted by Gasteiger charge is 2.33. The van der Waals surface area contributed by atoms with Crippen LogP contribution in [0.2, 0.25) is 0 Å². The fourth-order valence-corrected chi connectivity index (χ4v) is 3.36. The predicted molar refractivity (Wildman–Crippen MR) is 75.5 cm³/mol. The Morgan fingerprint density at radius 3 is 2.65 bits per heavy atom. The molecule has 1 saturated heterocycles. The summed E-state index contributed by atoms with van der Waals surface area (Å²) >= 11 is 1.82. The Morgan fingerprint density at radius 2 is 2.06 bits per heavy atom. The molecular formula is C14H24N2S. The molecule has 0 radical (unpaired) electrons. The van der Waals surface area contributed by atoms with Crippen LogP contribution in [0.15, 0.2) is 17.5 Å². The van der Waals surface area contributed by atoms with E-state index in [1.807, 2.05) is 11.3 Å². The van der Waals surface area contributed by atoms with Crippen LogP contribution in [0.25, 0.3) is 0 Å². The van der Waals surface area contributed by atoms with Gasteiger partial charge in [0, 0.05) is 16.5 Å². The van der Waals surface area contributed by atoms with Gasteiger partial charge in [0.1, 0.15) is 0 Å². The summed E-state index contributed by atoms with van der Waals surface area (Å²) in [7, 11) is 0. The molecule has 0 spiro atoms. The molecule has 3 heteroatoms. The van der Waals surface area contributed by atoms with Gasteiger partial charge in [0.25, 0.3) is 0 Å². The molecule has 1 aliphatic rings. The summed E-state index contributed by atoms with van der Waals surface area (Å²) in [5.74, 6) is 0. The molecule has 1 aliphatic heterocycles. The van der Waals surface area contributed by atoms with Crippen molar-refractivity contribution in [1.82, 2.24) is 4.90 Å². The van der Waals surface area contributed by atoms with Crippen molar-refractivity contribution in [2.24, 2.45) is 5.73 Å². The van der Waals surface area contributed by atoms with Gasteiger partial charge in [0.15, 0.2) is 0 Å². The van der Waals surface area contributed by atoms with Crippen molar-refractivity contribution in [1.29, 1.82) is 0 Å². The number of thiophene rings is 1. The van der Waals surface area contributed by atoms with Crippen LogP contribution in [0.5, 0.6) is 0 Å². The Morgan fingerprint density at radius 1 is 1.35 bits per heavy atom. The molecule has 2 heterocycles. The topological polar surface area (TPSA) is 29.3 Å². The smallest absolute Gasteiger partial charge is 0.0307 e. The number of likely N-dealkylation sites (tertiary alicyclic amines) is 1. The molecule has 2 nitrogen and oxygen atoms in total. The zero-order valence-corrected chi connectivity index (χ0v) is 11.8. The van der Waals surface area contributed by atoms with Crippen molar-refractivity contribution in [3.63, 3.8) is 0 Å². The van der Waals surface area contributed by atoms with E-state index in [2.05, 4.69) is 36.3 Å². The van der Waals surface area contributed by atoms with E-state index in [0.717, 1.165) is 6.42 Å². The molecule has 1 atom stereocenters. The van der Waals surface area contributed by atoms with E-state index < -0.39 is 0 Å². The minimum atomic E-state index is 0.115. The predicted octanol–water partition coefficient (Wildman–Crippen LogP) is 2.88. The van der Waals surface area contributed by atoms with Gasteiger partial charge in [0.2, 0.25) is 0 Å². The molecule has 0 saturated carbocycles. The van der Waals surface area contributed by atoms with Crippen molar-refractivity contribution in [3.05, 3.63) is 22.4 Å². The molecule has 1 aromatic heterocycles. The normalized spacial score (nSPS) is 20.4. The van der Waals surface area contributed by atoms with Gasteiger partial charge in [-0.05, 0) is 57.6 Å². The number of nitrogens with two attached hydrogens (primary N) is 1. The van der Waals surface area contributed by atoms with E-state index in [-0.39, 0.29) is 11.6 Å². The Balaban J connectivity index is 1.98. The van der Waals surface area contributed by atoms with Crippen molar-refractivity contribution >= 4 is 11.3 Å². The van der Waals surface area contributed by atoms with Crippen LogP contribution >= 0.6 is 11.3 Å². The van der Waals surface area contributed by atoms with Crippen LogP contribution in [0.3, 0.4) is 0 Å². The van der Waals surface area contributed by atoms with Gasteiger partial charge >= 0.3 is 0 Å². The quantitative estimate of drug-likeness (QED) is 0.893. The average Bonchev–Trinajstić information content (AvgIpc) is 2.83. The first kappa shape index (κ1) is 13.1. The summed E-state index contributed by atoms with van der Waals surface area (Å²) in [4.78, 5) is 3.98. The molecule has 1 unspecified atom stereocenters. The van der Waals surface area contributed by atoms with Crippen LogP contribution in [0, 0.1) is 0 Å². The van der Waals surface area contributed by atoms with E-state index in [1.54, 1.807) is 0 Å². The standard InChI is InChI=1S/C14H24N2S/c1-14(2,16-8-4-3-5-9-16)13(15)11-12-7-6-10-17-12/h6-7,10,13H,3-5,8-9,11,15H2,1-2H3. The third-order valence-corrected chi connectivity index (χ3v) is 4.98. The molecule has 0 amide bonds. The van der Waals surface area contributed by atoms with Crippen molar-refractivity contribution in [3.8, 4) is 0 Å². The van der Waals surface area contributed by atoms with Crippen LogP contribution in [-0.4, -0.2) is 29.6 Å². The van der Waals surface area contributed by atoms with Crippen LogP contribution < -0.4 is 5.73 Å². The third-order valence-electron chi connectivity index (χ3n) is 4.08. The molecule has 2 rings (SSSR count). The summed E-state index contributed by atoms with van der Waals surface area (Å²) in [5.41, 5.74) is 6.55. The van der Waals surface area contributed by atoms with Crippen molar-refractivity contribution in [2.45, 2.75) is 51.1 Å². The minimum Gasteiger partial charge on any atom is -0.326 e. The first-order chi connectivity index (χ1) is 8.10. The number of piperidine rings is 1.